The van der Waals surface area contributed by atoms with Gasteiger partial charge in [-0.25, -0.2) is 0 Å². The maximum absolute atomic E-state index is 6.41. The summed E-state index contributed by atoms with van der Waals surface area (Å²) >= 11 is 0. The average molecular weight is 688 g/mol. The Balaban J connectivity index is 1.03. The first kappa shape index (κ1) is 32.1. The van der Waals surface area contributed by atoms with Crippen molar-refractivity contribution < 1.29 is 4.42 Å². The summed E-state index contributed by atoms with van der Waals surface area (Å²) in [5.41, 5.74) is 11.6. The lowest BCUT2D eigenvalue weighted by Crippen LogP contribution is -2.27. The van der Waals surface area contributed by atoms with Gasteiger partial charge in [0.25, 0.3) is 0 Å². The van der Waals surface area contributed by atoms with Crippen LogP contribution in [0.15, 0.2) is 162 Å². The van der Waals surface area contributed by atoms with E-state index in [0.29, 0.717) is 0 Å². The number of rotatable bonds is 8. The van der Waals surface area contributed by atoms with Crippen LogP contribution in [0.5, 0.6) is 0 Å². The van der Waals surface area contributed by atoms with Gasteiger partial charge in [-0.1, -0.05) is 128 Å². The van der Waals surface area contributed by atoms with Crippen LogP contribution in [0.4, 0.5) is 17.1 Å². The highest BCUT2D eigenvalue weighted by Gasteiger charge is 2.31. The van der Waals surface area contributed by atoms with Crippen LogP contribution in [0.3, 0.4) is 0 Å². The van der Waals surface area contributed by atoms with Gasteiger partial charge in [-0.05, 0) is 131 Å². The first-order chi connectivity index (χ1) is 26.2. The molecule has 10 rings (SSSR count). The molecule has 2 unspecified atom stereocenters. The van der Waals surface area contributed by atoms with E-state index in [4.69, 9.17) is 4.42 Å². The van der Waals surface area contributed by atoms with Gasteiger partial charge >= 0.3 is 0 Å². The van der Waals surface area contributed by atoms with Gasteiger partial charge in [0.1, 0.15) is 11.2 Å². The topological polar surface area (TPSA) is 16.4 Å². The molecule has 2 saturated carbocycles. The minimum Gasteiger partial charge on any atom is -0.456 e. The zero-order chi connectivity index (χ0) is 35.1. The van der Waals surface area contributed by atoms with E-state index < -0.39 is 0 Å². The molecule has 2 atom stereocenters. The molecule has 2 heteroatoms. The third kappa shape index (κ3) is 6.21. The average Bonchev–Trinajstić information content (AvgIpc) is 3.58. The molecule has 0 amide bonds. The molecule has 0 radical (unpaired) electrons. The van der Waals surface area contributed by atoms with E-state index in [2.05, 4.69) is 157 Å². The Hall–Kier alpha value is -5.60. The fourth-order valence-electron chi connectivity index (χ4n) is 9.86. The van der Waals surface area contributed by atoms with Gasteiger partial charge in [0.05, 0.1) is 0 Å². The molecule has 0 spiro atoms. The number of anilines is 3. The van der Waals surface area contributed by atoms with Gasteiger partial charge < -0.3 is 9.32 Å². The molecule has 2 fully saturated rings. The number of aryl methyl sites for hydroxylation is 1. The van der Waals surface area contributed by atoms with E-state index in [1.54, 1.807) is 0 Å². The molecule has 53 heavy (non-hydrogen) atoms. The highest BCUT2D eigenvalue weighted by molar-refractivity contribution is 6.07. The van der Waals surface area contributed by atoms with Crippen LogP contribution in [0, 0.1) is 17.8 Å². The Morgan fingerprint density at radius 1 is 0.509 bits per heavy atom. The smallest absolute Gasteiger partial charge is 0.137 e. The van der Waals surface area contributed by atoms with Crippen molar-refractivity contribution in [1.29, 1.82) is 0 Å². The van der Waals surface area contributed by atoms with Crippen LogP contribution in [0.25, 0.3) is 55.0 Å². The number of furan rings is 1. The van der Waals surface area contributed by atoms with Crippen molar-refractivity contribution in [3.05, 3.63) is 163 Å². The SMILES string of the molecule is c1ccc(-c2cccc3cccc(-c4ccc(N(c5cccc(CCC6CC7CCCC(C7)C6)c5)c5ccc6c(c5)oc5ccccc56)cc4)c23)cc1. The van der Waals surface area contributed by atoms with Crippen molar-refractivity contribution in [3.63, 3.8) is 0 Å². The summed E-state index contributed by atoms with van der Waals surface area (Å²) in [7, 11) is 0. The summed E-state index contributed by atoms with van der Waals surface area (Å²) in [6, 6.07) is 57.5. The molecule has 0 aliphatic heterocycles. The number of fused-ring (bicyclic) bond motifs is 6. The lowest BCUT2D eigenvalue weighted by molar-refractivity contribution is 0.132. The van der Waals surface area contributed by atoms with Crippen molar-refractivity contribution in [1.82, 2.24) is 0 Å². The van der Waals surface area contributed by atoms with Crippen LogP contribution < -0.4 is 4.90 Å². The Bertz CT molecular complexity index is 2530. The molecule has 0 N–H and O–H groups in total. The largest absolute Gasteiger partial charge is 0.456 e. The molecule has 1 aromatic heterocycles. The van der Waals surface area contributed by atoms with Gasteiger partial charge in [-0.3, -0.25) is 0 Å². The Morgan fingerprint density at radius 3 is 1.96 bits per heavy atom. The quantitative estimate of drug-likeness (QED) is 0.158. The Labute approximate surface area is 312 Å². The molecule has 0 saturated heterocycles. The predicted octanol–water partition coefficient (Wildman–Crippen LogP) is 14.7. The molecule has 7 aromatic carbocycles. The molecule has 260 valence electrons. The summed E-state index contributed by atoms with van der Waals surface area (Å²) in [6.45, 7) is 0. The summed E-state index contributed by atoms with van der Waals surface area (Å²) in [6.07, 6.45) is 11.2. The van der Waals surface area contributed by atoms with Crippen molar-refractivity contribution in [2.45, 2.75) is 51.4 Å². The predicted molar refractivity (Wildman–Crippen MR) is 223 cm³/mol. The maximum Gasteiger partial charge on any atom is 0.137 e. The zero-order valence-electron chi connectivity index (χ0n) is 30.3. The molecule has 2 aliphatic rings. The second-order valence-corrected chi connectivity index (χ2v) is 15.7. The first-order valence-corrected chi connectivity index (χ1v) is 19.7. The second kappa shape index (κ2) is 13.7. The maximum atomic E-state index is 6.41. The molecule has 1 heterocycles. The van der Waals surface area contributed by atoms with E-state index in [1.165, 1.54) is 89.2 Å². The van der Waals surface area contributed by atoms with E-state index >= 15 is 0 Å². The lowest BCUT2D eigenvalue weighted by Gasteiger charge is -2.39. The van der Waals surface area contributed by atoms with Crippen LogP contribution >= 0.6 is 0 Å². The van der Waals surface area contributed by atoms with E-state index in [0.717, 1.165) is 57.5 Å². The first-order valence-electron chi connectivity index (χ1n) is 19.7. The third-order valence-corrected chi connectivity index (χ3v) is 12.3. The van der Waals surface area contributed by atoms with Crippen LogP contribution in [0.1, 0.15) is 50.5 Å². The number of nitrogens with zero attached hydrogens (tertiary/aromatic N) is 1. The number of para-hydroxylation sites is 1. The molecule has 8 aromatic rings. The molecule has 2 nitrogen and oxygen atoms in total. The fourth-order valence-corrected chi connectivity index (χ4v) is 9.86. The van der Waals surface area contributed by atoms with Gasteiger partial charge in [0, 0.05) is 33.9 Å². The Morgan fingerprint density at radius 2 is 1.17 bits per heavy atom. The van der Waals surface area contributed by atoms with Crippen LogP contribution in [0.2, 0.25) is 0 Å². The third-order valence-electron chi connectivity index (χ3n) is 12.3. The molecular weight excluding hydrogens is 643 g/mol. The number of benzene rings is 7. The monoisotopic (exact) mass is 687 g/mol. The minimum absolute atomic E-state index is 0.873. The van der Waals surface area contributed by atoms with E-state index in [1.807, 2.05) is 6.07 Å². The van der Waals surface area contributed by atoms with Crippen molar-refractivity contribution in [3.8, 4) is 22.3 Å². The van der Waals surface area contributed by atoms with Crippen LogP contribution in [-0.2, 0) is 6.42 Å². The van der Waals surface area contributed by atoms with E-state index in [9.17, 15) is 0 Å². The normalized spacial score (nSPS) is 18.5. The van der Waals surface area contributed by atoms with Gasteiger partial charge in [-0.15, -0.1) is 0 Å². The number of hydrogen-bond donors (Lipinski definition) is 0. The lowest BCUT2D eigenvalue weighted by atomic mass is 9.67. The molecule has 2 aliphatic carbocycles. The highest BCUT2D eigenvalue weighted by Crippen LogP contribution is 2.45. The summed E-state index contributed by atoms with van der Waals surface area (Å²) in [5, 5.41) is 4.84. The second-order valence-electron chi connectivity index (χ2n) is 15.7. The molecular formula is C51H45NO. The van der Waals surface area contributed by atoms with E-state index in [-0.39, 0.29) is 0 Å². The summed E-state index contributed by atoms with van der Waals surface area (Å²) in [5.74, 6) is 2.83. The Kier molecular flexibility index (Phi) is 8.32. The van der Waals surface area contributed by atoms with Gasteiger partial charge in [-0.2, -0.15) is 0 Å². The van der Waals surface area contributed by atoms with Crippen molar-refractivity contribution >= 4 is 49.8 Å². The summed E-state index contributed by atoms with van der Waals surface area (Å²) in [4.78, 5) is 2.41. The highest BCUT2D eigenvalue weighted by atomic mass is 16.3. The van der Waals surface area contributed by atoms with Crippen molar-refractivity contribution in [2.75, 3.05) is 4.90 Å². The van der Waals surface area contributed by atoms with Crippen molar-refractivity contribution in [2.24, 2.45) is 17.8 Å². The van der Waals surface area contributed by atoms with Gasteiger partial charge in [0.2, 0.25) is 0 Å². The zero-order valence-corrected chi connectivity index (χ0v) is 30.3. The van der Waals surface area contributed by atoms with Gasteiger partial charge in [0.15, 0.2) is 0 Å². The summed E-state index contributed by atoms with van der Waals surface area (Å²) < 4.78 is 6.41. The standard InChI is InChI=1S/C51H45NO/c1-2-13-39(14-3-1)45-19-8-15-41-16-9-20-46(51(41)45)40-24-26-42(27-25-40)52(44-28-29-48-47-18-4-5-21-49(47)53-50(48)34-44)43-17-7-10-35(33-43)22-23-38-31-36-11-6-12-37(30-36)32-38/h1-5,7-10,13-21,24-29,33-34,36-38H,6,11-12,22-23,30-32H2. The van der Waals surface area contributed by atoms with Crippen LogP contribution in [-0.4, -0.2) is 0 Å². The minimum atomic E-state index is 0.873. The number of hydrogen-bond acceptors (Lipinski definition) is 2. The molecule has 2 bridgehead atoms. The fraction of sp³-hybridized carbons (Fsp3) is 0.216.